The summed E-state index contributed by atoms with van der Waals surface area (Å²) in [6, 6.07) is 3.62. The number of aliphatic imine (C=N–C) groups is 1. The van der Waals surface area contributed by atoms with Gasteiger partial charge < -0.3 is 19.4 Å². The van der Waals surface area contributed by atoms with Gasteiger partial charge in [-0.15, -0.1) is 40.4 Å². The van der Waals surface area contributed by atoms with Crippen LogP contribution in [-0.2, 0) is 17.8 Å². The first-order chi connectivity index (χ1) is 13.6. The first-order valence-electron chi connectivity index (χ1n) is 9.02. The molecule has 3 aromatic heterocycles. The zero-order chi connectivity index (χ0) is 19.9. The lowest BCUT2D eigenvalue weighted by Gasteiger charge is -2.21. The summed E-state index contributed by atoms with van der Waals surface area (Å²) in [5.74, 6) is 2.59. The Morgan fingerprint density at radius 2 is 2.28 bits per heavy atom. The zero-order valence-electron chi connectivity index (χ0n) is 16.9. The summed E-state index contributed by atoms with van der Waals surface area (Å²) >= 11 is 1.61. The fourth-order valence-corrected chi connectivity index (χ4v) is 3.34. The van der Waals surface area contributed by atoms with Crippen LogP contribution in [0.15, 0.2) is 33.2 Å². The molecular weight excluding hydrogens is 505 g/mol. The lowest BCUT2D eigenvalue weighted by atomic mass is 10.4. The van der Waals surface area contributed by atoms with Gasteiger partial charge in [0.1, 0.15) is 23.5 Å². The molecule has 1 unspecified atom stereocenters. The maximum atomic E-state index is 5.33. The van der Waals surface area contributed by atoms with Gasteiger partial charge in [0, 0.05) is 26.1 Å². The van der Waals surface area contributed by atoms with Crippen LogP contribution in [0.2, 0.25) is 0 Å². The van der Waals surface area contributed by atoms with Gasteiger partial charge in [-0.2, -0.15) is 0 Å². The van der Waals surface area contributed by atoms with E-state index >= 15 is 0 Å². The maximum Gasteiger partial charge on any atom is 0.216 e. The smallest absolute Gasteiger partial charge is 0.216 e. The van der Waals surface area contributed by atoms with Crippen molar-refractivity contribution in [1.29, 1.82) is 0 Å². The van der Waals surface area contributed by atoms with E-state index in [2.05, 4.69) is 35.9 Å². The number of hydrogen-bond acceptors (Lipinski definition) is 7. The molecule has 0 fully saturated rings. The Hall–Kier alpha value is -1.99. The Morgan fingerprint density at radius 3 is 2.97 bits per heavy atom. The van der Waals surface area contributed by atoms with Crippen molar-refractivity contribution < 1.29 is 9.15 Å². The number of ether oxygens (including phenoxy) is 1. The van der Waals surface area contributed by atoms with Crippen LogP contribution < -0.4 is 5.32 Å². The van der Waals surface area contributed by atoms with Gasteiger partial charge in [0.05, 0.1) is 18.5 Å². The summed E-state index contributed by atoms with van der Waals surface area (Å²) < 4.78 is 10.6. The number of thiazole rings is 1. The van der Waals surface area contributed by atoms with E-state index in [-0.39, 0.29) is 30.1 Å². The molecule has 0 aliphatic rings. The van der Waals surface area contributed by atoms with Gasteiger partial charge >= 0.3 is 0 Å². The van der Waals surface area contributed by atoms with E-state index < -0.39 is 0 Å². The molecule has 0 aliphatic carbocycles. The minimum Gasteiger partial charge on any atom is -0.461 e. The number of methoxy groups -OCH3 is 1. The maximum absolute atomic E-state index is 5.33. The van der Waals surface area contributed by atoms with Gasteiger partial charge in [-0.1, -0.05) is 0 Å². The third kappa shape index (κ3) is 6.24. The number of hydrogen-bond donors (Lipinski definition) is 2. The van der Waals surface area contributed by atoms with Crippen molar-refractivity contribution in [1.82, 2.24) is 30.4 Å². The summed E-state index contributed by atoms with van der Waals surface area (Å²) in [5, 5.41) is 13.4. The molecule has 0 saturated heterocycles. The number of furan rings is 1. The third-order valence-corrected chi connectivity index (χ3v) is 5.07. The fraction of sp³-hybridized carbons (Fsp3) is 0.444. The molecule has 3 aromatic rings. The molecule has 9 nitrogen and oxygen atoms in total. The summed E-state index contributed by atoms with van der Waals surface area (Å²) in [7, 11) is 3.67. The lowest BCUT2D eigenvalue weighted by Crippen LogP contribution is -2.38. The average Bonchev–Trinajstić information content (AvgIpc) is 3.45. The lowest BCUT2D eigenvalue weighted by molar-refractivity contribution is 0.119. The zero-order valence-corrected chi connectivity index (χ0v) is 20.0. The van der Waals surface area contributed by atoms with Gasteiger partial charge in [0.2, 0.25) is 5.82 Å². The molecule has 0 amide bonds. The minimum absolute atomic E-state index is 0. The molecule has 1 atom stereocenters. The summed E-state index contributed by atoms with van der Waals surface area (Å²) in [4.78, 5) is 15.7. The number of aromatic nitrogens is 4. The van der Waals surface area contributed by atoms with Crippen LogP contribution in [0.3, 0.4) is 0 Å². The Bertz CT molecular complexity index is 894. The van der Waals surface area contributed by atoms with Crippen molar-refractivity contribution in [3.05, 3.63) is 40.3 Å². The van der Waals surface area contributed by atoms with E-state index in [4.69, 9.17) is 9.15 Å². The van der Waals surface area contributed by atoms with Crippen LogP contribution >= 0.6 is 35.3 Å². The van der Waals surface area contributed by atoms with Crippen molar-refractivity contribution in [2.75, 3.05) is 20.7 Å². The summed E-state index contributed by atoms with van der Waals surface area (Å²) in [6.07, 6.45) is 1.60. The number of H-pyrrole nitrogens is 1. The van der Waals surface area contributed by atoms with Crippen molar-refractivity contribution in [3.8, 4) is 11.6 Å². The summed E-state index contributed by atoms with van der Waals surface area (Å²) in [5.41, 5.74) is 0.983. The van der Waals surface area contributed by atoms with Gasteiger partial charge in [-0.05, 0) is 26.0 Å². The SMILES string of the molecule is CCNC(=NCc1nc(-c2ccco2)n[nH]1)N(C)Cc1csc(C(C)OC)n1.I. The predicted molar refractivity (Wildman–Crippen MR) is 123 cm³/mol. The molecule has 3 rings (SSSR count). The van der Waals surface area contributed by atoms with E-state index in [0.717, 1.165) is 23.2 Å². The Labute approximate surface area is 191 Å². The second kappa shape index (κ2) is 11.3. The highest BCUT2D eigenvalue weighted by Crippen LogP contribution is 2.21. The van der Waals surface area contributed by atoms with Crippen molar-refractivity contribution in [2.45, 2.75) is 33.0 Å². The molecule has 0 spiro atoms. The van der Waals surface area contributed by atoms with Crippen molar-refractivity contribution in [3.63, 3.8) is 0 Å². The molecule has 11 heteroatoms. The van der Waals surface area contributed by atoms with E-state index in [1.165, 1.54) is 0 Å². The van der Waals surface area contributed by atoms with E-state index in [0.29, 0.717) is 30.5 Å². The third-order valence-electron chi connectivity index (χ3n) is 4.02. The van der Waals surface area contributed by atoms with E-state index in [1.807, 2.05) is 31.9 Å². The molecular formula is C18H26IN7O2S. The van der Waals surface area contributed by atoms with Crippen LogP contribution in [0.1, 0.15) is 36.5 Å². The van der Waals surface area contributed by atoms with Crippen LogP contribution in [0.4, 0.5) is 0 Å². The molecule has 3 heterocycles. The van der Waals surface area contributed by atoms with Gasteiger partial charge in [0.15, 0.2) is 11.7 Å². The monoisotopic (exact) mass is 531 g/mol. The molecule has 0 aliphatic heterocycles. The fourth-order valence-electron chi connectivity index (χ4n) is 2.50. The highest BCUT2D eigenvalue weighted by atomic mass is 127. The topological polar surface area (TPSA) is 104 Å². The average molecular weight is 531 g/mol. The molecule has 2 N–H and O–H groups in total. The van der Waals surface area contributed by atoms with Gasteiger partial charge in [0.25, 0.3) is 0 Å². The van der Waals surface area contributed by atoms with Crippen molar-refractivity contribution in [2.24, 2.45) is 4.99 Å². The molecule has 0 radical (unpaired) electrons. The number of nitrogens with one attached hydrogen (secondary N) is 2. The molecule has 0 aromatic carbocycles. The second-order valence-corrected chi connectivity index (χ2v) is 7.05. The minimum atomic E-state index is 0. The Kier molecular flexibility index (Phi) is 9.04. The highest BCUT2D eigenvalue weighted by Gasteiger charge is 2.13. The van der Waals surface area contributed by atoms with Crippen LogP contribution in [0.5, 0.6) is 0 Å². The van der Waals surface area contributed by atoms with E-state index in [9.17, 15) is 0 Å². The molecule has 0 bridgehead atoms. The van der Waals surface area contributed by atoms with E-state index in [1.54, 1.807) is 30.8 Å². The van der Waals surface area contributed by atoms with Crippen LogP contribution in [0.25, 0.3) is 11.6 Å². The predicted octanol–water partition coefficient (Wildman–Crippen LogP) is 3.44. The van der Waals surface area contributed by atoms with Gasteiger partial charge in [-0.3, -0.25) is 5.10 Å². The highest BCUT2D eigenvalue weighted by molar-refractivity contribution is 14.0. The quantitative estimate of drug-likeness (QED) is 0.261. The normalized spacial score (nSPS) is 12.5. The number of nitrogens with zero attached hydrogens (tertiary/aromatic N) is 5. The summed E-state index contributed by atoms with van der Waals surface area (Å²) in [6.45, 7) is 5.82. The Morgan fingerprint density at radius 1 is 1.45 bits per heavy atom. The Balaban J connectivity index is 0.00000300. The molecule has 0 saturated carbocycles. The van der Waals surface area contributed by atoms with Gasteiger partial charge in [-0.25, -0.2) is 15.0 Å². The van der Waals surface area contributed by atoms with Crippen LogP contribution in [0, 0.1) is 0 Å². The molecule has 29 heavy (non-hydrogen) atoms. The van der Waals surface area contributed by atoms with Crippen molar-refractivity contribution >= 4 is 41.3 Å². The first-order valence-corrected chi connectivity index (χ1v) is 9.90. The number of halogens is 1. The second-order valence-electron chi connectivity index (χ2n) is 6.16. The number of guanidine groups is 1. The molecule has 158 valence electrons. The first kappa shape index (κ1) is 23.3. The standard InChI is InChI=1S/C18H25N7O2S.HI/c1-5-19-18(25(3)10-13-11-28-17(21-13)12(2)26-4)20-9-15-22-16(24-23-15)14-7-6-8-27-14;/h6-8,11-12H,5,9-10H2,1-4H3,(H,19,20)(H,22,23,24);1H. The number of rotatable bonds is 8. The number of aromatic amines is 1. The van der Waals surface area contributed by atoms with Crippen LogP contribution in [-0.4, -0.2) is 51.7 Å². The largest absolute Gasteiger partial charge is 0.461 e.